The molecule has 0 spiro atoms. The number of carboxylic acids is 1. The minimum atomic E-state index is -1.03. The fourth-order valence-electron chi connectivity index (χ4n) is 7.45. The summed E-state index contributed by atoms with van der Waals surface area (Å²) in [6.07, 6.45) is 9.80. The first-order valence-corrected chi connectivity index (χ1v) is 15.7. The summed E-state index contributed by atoms with van der Waals surface area (Å²) < 4.78 is 0. The second-order valence-corrected chi connectivity index (χ2v) is 12.9. The quantitative estimate of drug-likeness (QED) is 0.345. The molecule has 4 aliphatic carbocycles. The third-order valence-electron chi connectivity index (χ3n) is 9.17. The topological polar surface area (TPSA) is 95.5 Å². The Morgan fingerprint density at radius 3 is 2.27 bits per heavy atom. The summed E-state index contributed by atoms with van der Waals surface area (Å²) in [4.78, 5) is 38.1. The second kappa shape index (κ2) is 13.6. The van der Waals surface area contributed by atoms with Crippen LogP contribution in [0.5, 0.6) is 0 Å². The number of rotatable bonds is 11. The van der Waals surface area contributed by atoms with Gasteiger partial charge >= 0.3 is 24.8 Å². The number of thioether (sulfide) groups is 1. The Labute approximate surface area is 254 Å². The molecule has 2 amide bonds. The molecule has 0 saturated heterocycles. The molecular formula is C32H41LiN2O4S. The minimum absolute atomic E-state index is 0. The van der Waals surface area contributed by atoms with Crippen molar-refractivity contribution < 1.29 is 19.5 Å². The van der Waals surface area contributed by atoms with Crippen molar-refractivity contribution in [3.8, 4) is 11.1 Å². The molecule has 0 radical (unpaired) electrons. The zero-order valence-electron chi connectivity index (χ0n) is 22.9. The number of hydrogen-bond donors (Lipinski definition) is 3. The summed E-state index contributed by atoms with van der Waals surface area (Å²) in [6, 6.07) is 12.9. The first-order chi connectivity index (χ1) is 18.8. The van der Waals surface area contributed by atoms with Crippen LogP contribution in [0, 0.1) is 30.6 Å². The first kappa shape index (κ1) is 30.7. The molecule has 210 valence electrons. The number of amides is 2. The number of aryl methyl sites for hydroxylation is 2. The van der Waals surface area contributed by atoms with Crippen LogP contribution in [0.4, 0.5) is 0 Å². The molecule has 8 heteroatoms. The van der Waals surface area contributed by atoms with Crippen LogP contribution in [0.15, 0.2) is 42.5 Å². The third kappa shape index (κ3) is 6.98. The first-order valence-electron chi connectivity index (χ1n) is 14.3. The second-order valence-electron chi connectivity index (χ2n) is 11.9. The Morgan fingerprint density at radius 1 is 0.975 bits per heavy atom. The average molecular weight is 557 g/mol. The molecule has 2 aromatic rings. The van der Waals surface area contributed by atoms with Gasteiger partial charge < -0.3 is 15.7 Å². The van der Waals surface area contributed by atoms with E-state index in [1.807, 2.05) is 49.6 Å². The maximum atomic E-state index is 13.3. The van der Waals surface area contributed by atoms with Crippen LogP contribution in [0.25, 0.3) is 11.1 Å². The monoisotopic (exact) mass is 556 g/mol. The zero-order chi connectivity index (χ0) is 27.5. The number of hydrogen-bond acceptors (Lipinski definition) is 4. The molecule has 4 saturated carbocycles. The van der Waals surface area contributed by atoms with Crippen LogP contribution in [0.1, 0.15) is 66.4 Å². The van der Waals surface area contributed by atoms with Crippen molar-refractivity contribution >= 4 is 48.4 Å². The van der Waals surface area contributed by atoms with E-state index in [1.165, 1.54) is 32.1 Å². The van der Waals surface area contributed by atoms with Gasteiger partial charge in [-0.25, -0.2) is 4.79 Å². The fourth-order valence-corrected chi connectivity index (χ4v) is 7.92. The molecule has 1 atom stereocenters. The van der Waals surface area contributed by atoms with Gasteiger partial charge in [0.25, 0.3) is 5.91 Å². The van der Waals surface area contributed by atoms with Crippen molar-refractivity contribution in [2.24, 2.45) is 23.7 Å². The van der Waals surface area contributed by atoms with E-state index in [0.717, 1.165) is 34.1 Å². The molecule has 0 unspecified atom stereocenters. The van der Waals surface area contributed by atoms with Crippen LogP contribution >= 0.6 is 11.8 Å². The van der Waals surface area contributed by atoms with Crippen LogP contribution < -0.4 is 10.6 Å². The Morgan fingerprint density at radius 2 is 1.65 bits per heavy atom. The molecular weight excluding hydrogens is 515 g/mol. The van der Waals surface area contributed by atoms with E-state index in [2.05, 4.69) is 10.6 Å². The summed E-state index contributed by atoms with van der Waals surface area (Å²) in [5, 5.41) is 15.7. The summed E-state index contributed by atoms with van der Waals surface area (Å²) in [6.45, 7) is 2.00. The predicted molar refractivity (Wildman–Crippen MR) is 163 cm³/mol. The van der Waals surface area contributed by atoms with E-state index >= 15 is 0 Å². The molecule has 40 heavy (non-hydrogen) atoms. The zero-order valence-corrected chi connectivity index (χ0v) is 23.8. The van der Waals surface area contributed by atoms with Gasteiger partial charge in [0, 0.05) is 18.0 Å². The Bertz CT molecular complexity index is 1210. The summed E-state index contributed by atoms with van der Waals surface area (Å²) >= 11 is 1.55. The van der Waals surface area contributed by atoms with Crippen molar-refractivity contribution in [3.63, 3.8) is 0 Å². The van der Waals surface area contributed by atoms with Gasteiger partial charge in [-0.1, -0.05) is 36.4 Å². The van der Waals surface area contributed by atoms with E-state index < -0.39 is 17.9 Å². The van der Waals surface area contributed by atoms with Gasteiger partial charge in [0.15, 0.2) is 0 Å². The molecule has 6 nitrogen and oxygen atoms in total. The van der Waals surface area contributed by atoms with Gasteiger partial charge in [-0.15, -0.1) is 0 Å². The predicted octanol–water partition coefficient (Wildman–Crippen LogP) is 4.82. The van der Waals surface area contributed by atoms with Crippen molar-refractivity contribution in [2.45, 2.75) is 70.4 Å². The molecule has 2 aromatic carbocycles. The molecule has 0 aromatic heterocycles. The van der Waals surface area contributed by atoms with E-state index in [4.69, 9.17) is 0 Å². The number of nitrogens with one attached hydrogen (secondary N) is 2. The SMILES string of the molecule is CSCC[C@H](NC(=O)c1ccc(CCC(=O)NC2C3CC4CC(C3)CC2C4)cc1-c1ccccc1C)C(=O)O.[LiH]. The van der Waals surface area contributed by atoms with Gasteiger partial charge in [0.05, 0.1) is 0 Å². The molecule has 3 N–H and O–H groups in total. The van der Waals surface area contributed by atoms with Crippen LogP contribution in [0.3, 0.4) is 0 Å². The van der Waals surface area contributed by atoms with Gasteiger partial charge in [-0.05, 0) is 116 Å². The van der Waals surface area contributed by atoms with Gasteiger partial charge in [0.2, 0.25) is 5.91 Å². The maximum absolute atomic E-state index is 13.3. The summed E-state index contributed by atoms with van der Waals surface area (Å²) in [5.41, 5.74) is 4.15. The number of aliphatic carboxylic acids is 1. The summed E-state index contributed by atoms with van der Waals surface area (Å²) in [5.74, 6) is 2.41. The number of carbonyl (C=O) groups excluding carboxylic acids is 2. The normalized spacial score (nSPS) is 25.1. The van der Waals surface area contributed by atoms with Gasteiger partial charge in [-0.3, -0.25) is 9.59 Å². The molecule has 4 aliphatic rings. The molecule has 6 rings (SSSR count). The Balaban J connectivity index is 0.00000370. The molecule has 0 heterocycles. The average Bonchev–Trinajstić information content (AvgIpc) is 2.91. The van der Waals surface area contributed by atoms with Gasteiger partial charge in [-0.2, -0.15) is 11.8 Å². The standard InChI is InChI=1S/C32H40N2O4S.Li.H/c1-19-5-3-4-6-25(19)27-18-20(7-9-26(27)31(36)33-28(32(37)38)11-12-39-2)8-10-29(35)34-30-23-14-21-13-22(16-23)17-24(30)15-21;;/h3-7,9,18,21-24,28,30H,8,10-17H2,1-2H3,(H,33,36)(H,34,35)(H,37,38);;/t21?,22?,23?,24?,28-,30?;;/m0../s1. The fraction of sp³-hybridized carbons (Fsp3) is 0.531. The summed E-state index contributed by atoms with van der Waals surface area (Å²) in [7, 11) is 0. The van der Waals surface area contributed by atoms with E-state index in [1.54, 1.807) is 17.8 Å². The van der Waals surface area contributed by atoms with Crippen LogP contribution in [-0.4, -0.2) is 65.8 Å². The van der Waals surface area contributed by atoms with Crippen LogP contribution in [0.2, 0.25) is 0 Å². The molecule has 4 bridgehead atoms. The van der Waals surface area contributed by atoms with E-state index in [-0.39, 0.29) is 24.8 Å². The van der Waals surface area contributed by atoms with Crippen LogP contribution in [-0.2, 0) is 16.0 Å². The Hall–Kier alpha value is -2.20. The molecule has 0 aliphatic heterocycles. The van der Waals surface area contributed by atoms with E-state index in [0.29, 0.717) is 48.5 Å². The van der Waals surface area contributed by atoms with Crippen molar-refractivity contribution in [2.75, 3.05) is 12.0 Å². The third-order valence-corrected chi connectivity index (χ3v) is 9.82. The molecule has 4 fully saturated rings. The number of carboxylic acid groups (broad SMARTS) is 1. The Kier molecular flexibility index (Phi) is 10.5. The number of carbonyl (C=O) groups is 3. The number of benzene rings is 2. The van der Waals surface area contributed by atoms with E-state index in [9.17, 15) is 19.5 Å². The van der Waals surface area contributed by atoms with Gasteiger partial charge in [0.1, 0.15) is 6.04 Å². The van der Waals surface area contributed by atoms with Crippen molar-refractivity contribution in [1.29, 1.82) is 0 Å². The van der Waals surface area contributed by atoms with Crippen molar-refractivity contribution in [3.05, 3.63) is 59.2 Å². The van der Waals surface area contributed by atoms with Crippen molar-refractivity contribution in [1.82, 2.24) is 10.6 Å².